The van der Waals surface area contributed by atoms with Gasteiger partial charge in [0.2, 0.25) is 0 Å². The summed E-state index contributed by atoms with van der Waals surface area (Å²) in [6.45, 7) is 0. The summed E-state index contributed by atoms with van der Waals surface area (Å²) in [5.41, 5.74) is 2.90. The van der Waals surface area contributed by atoms with E-state index in [4.69, 9.17) is 7.85 Å². The van der Waals surface area contributed by atoms with Gasteiger partial charge in [0.05, 0.1) is 7.85 Å². The molecule has 0 bridgehead atoms. The molecule has 1 aromatic rings. The third-order valence-corrected chi connectivity index (χ3v) is 4.42. The molecule has 1 atom stereocenters. The van der Waals surface area contributed by atoms with Crippen LogP contribution in [0.2, 0.25) is 0 Å². The van der Waals surface area contributed by atoms with Crippen LogP contribution in [0.3, 0.4) is 0 Å². The van der Waals surface area contributed by atoms with E-state index in [2.05, 4.69) is 24.3 Å². The molecule has 0 spiro atoms. The summed E-state index contributed by atoms with van der Waals surface area (Å²) in [5, 5.41) is 0. The first-order chi connectivity index (χ1) is 9.38. The Morgan fingerprint density at radius 2 is 1.32 bits per heavy atom. The molecular formula is C18H27B. The average Bonchev–Trinajstić information content (AvgIpc) is 2.44. The Balaban J connectivity index is 2.00. The van der Waals surface area contributed by atoms with Crippen LogP contribution in [0.5, 0.6) is 0 Å². The summed E-state index contributed by atoms with van der Waals surface area (Å²) in [6.07, 6.45) is 14.8. The van der Waals surface area contributed by atoms with E-state index in [0.29, 0.717) is 0 Å². The molecule has 0 nitrogen and oxygen atoms in total. The monoisotopic (exact) mass is 254 g/mol. The third kappa shape index (κ3) is 5.05. The van der Waals surface area contributed by atoms with Gasteiger partial charge in [0, 0.05) is 0 Å². The van der Waals surface area contributed by atoms with E-state index in [-0.39, 0.29) is 5.82 Å². The van der Waals surface area contributed by atoms with Crippen molar-refractivity contribution in [1.29, 1.82) is 0 Å². The lowest BCUT2D eigenvalue weighted by atomic mass is 9.75. The second-order valence-electron chi connectivity index (χ2n) is 6.03. The number of benzene rings is 1. The maximum absolute atomic E-state index is 6.40. The smallest absolute Gasteiger partial charge is 0.0620 e. The molecule has 19 heavy (non-hydrogen) atoms. The summed E-state index contributed by atoms with van der Waals surface area (Å²) in [7, 11) is 6.40. The number of hydrogen-bond acceptors (Lipinski definition) is 0. The standard InChI is InChI=1S/C18H27B/c19-18-15-9-7-5-3-1-2-4-6-8-12-16-13-10-11-14-17(16)18/h10-11,13-14,18H,1-9,12,15H2. The van der Waals surface area contributed by atoms with E-state index >= 15 is 0 Å². The first-order valence-electron chi connectivity index (χ1n) is 8.21. The van der Waals surface area contributed by atoms with Crippen molar-refractivity contribution in [3.05, 3.63) is 35.4 Å². The quantitative estimate of drug-likeness (QED) is 0.547. The normalized spacial score (nSPS) is 23.3. The molecule has 0 heterocycles. The number of rotatable bonds is 0. The maximum Gasteiger partial charge on any atom is 0.0763 e. The van der Waals surface area contributed by atoms with E-state index < -0.39 is 0 Å². The van der Waals surface area contributed by atoms with Crippen molar-refractivity contribution in [2.45, 2.75) is 76.4 Å². The SMILES string of the molecule is [B]C1CCCCCCCCCCCc2ccccc21. The minimum atomic E-state index is 0.249. The lowest BCUT2D eigenvalue weighted by Gasteiger charge is -2.17. The van der Waals surface area contributed by atoms with Crippen LogP contribution in [-0.2, 0) is 6.42 Å². The molecule has 1 heteroatoms. The van der Waals surface area contributed by atoms with Gasteiger partial charge in [-0.05, 0) is 18.4 Å². The van der Waals surface area contributed by atoms with Gasteiger partial charge in [-0.15, -0.1) is 0 Å². The number of aryl methyl sites for hydroxylation is 1. The molecule has 2 radical (unpaired) electrons. The predicted molar refractivity (Wildman–Crippen MR) is 84.8 cm³/mol. The average molecular weight is 254 g/mol. The van der Waals surface area contributed by atoms with Crippen LogP contribution in [0.25, 0.3) is 0 Å². The van der Waals surface area contributed by atoms with Crippen LogP contribution < -0.4 is 0 Å². The van der Waals surface area contributed by atoms with Gasteiger partial charge >= 0.3 is 0 Å². The van der Waals surface area contributed by atoms with Crippen LogP contribution in [0.4, 0.5) is 0 Å². The maximum atomic E-state index is 6.40. The molecule has 0 aromatic heterocycles. The molecule has 1 aromatic carbocycles. The molecule has 0 fully saturated rings. The minimum absolute atomic E-state index is 0.249. The first kappa shape index (κ1) is 14.7. The Labute approximate surface area is 120 Å². The van der Waals surface area contributed by atoms with Gasteiger partial charge in [0.1, 0.15) is 0 Å². The van der Waals surface area contributed by atoms with Gasteiger partial charge in [-0.25, -0.2) is 0 Å². The Bertz CT molecular complexity index is 358. The fourth-order valence-electron chi connectivity index (χ4n) is 3.20. The van der Waals surface area contributed by atoms with E-state index in [1.54, 1.807) is 0 Å². The molecule has 0 aliphatic heterocycles. The number of hydrogen-bond donors (Lipinski definition) is 0. The molecule has 2 rings (SSSR count). The fourth-order valence-corrected chi connectivity index (χ4v) is 3.20. The molecule has 0 N–H and O–H groups in total. The lowest BCUT2D eigenvalue weighted by Crippen LogP contribution is -2.03. The Hall–Kier alpha value is -0.715. The summed E-state index contributed by atoms with van der Waals surface area (Å²) in [6, 6.07) is 8.82. The van der Waals surface area contributed by atoms with Gasteiger partial charge in [-0.1, -0.05) is 93.4 Å². The highest BCUT2D eigenvalue weighted by Gasteiger charge is 2.10. The van der Waals surface area contributed by atoms with Crippen molar-refractivity contribution >= 4 is 7.85 Å². The van der Waals surface area contributed by atoms with Crippen LogP contribution in [0, 0.1) is 0 Å². The second kappa shape index (κ2) is 8.45. The molecule has 1 aliphatic carbocycles. The largest absolute Gasteiger partial charge is 0.0763 e. The van der Waals surface area contributed by atoms with Gasteiger partial charge < -0.3 is 0 Å². The third-order valence-electron chi connectivity index (χ3n) is 4.42. The molecule has 0 amide bonds. The highest BCUT2D eigenvalue weighted by molar-refractivity contribution is 6.12. The fraction of sp³-hybridized carbons (Fsp3) is 0.667. The van der Waals surface area contributed by atoms with Crippen molar-refractivity contribution in [3.63, 3.8) is 0 Å². The Morgan fingerprint density at radius 3 is 2.05 bits per heavy atom. The van der Waals surface area contributed by atoms with Crippen LogP contribution >= 0.6 is 0 Å². The zero-order valence-corrected chi connectivity index (χ0v) is 12.2. The topological polar surface area (TPSA) is 0 Å². The van der Waals surface area contributed by atoms with E-state index in [9.17, 15) is 0 Å². The van der Waals surface area contributed by atoms with Crippen molar-refractivity contribution < 1.29 is 0 Å². The lowest BCUT2D eigenvalue weighted by molar-refractivity contribution is 0.543. The van der Waals surface area contributed by atoms with Crippen LogP contribution in [0.15, 0.2) is 24.3 Å². The summed E-state index contributed by atoms with van der Waals surface area (Å²) < 4.78 is 0. The van der Waals surface area contributed by atoms with E-state index in [0.717, 1.165) is 6.42 Å². The van der Waals surface area contributed by atoms with Crippen molar-refractivity contribution in [2.75, 3.05) is 0 Å². The van der Waals surface area contributed by atoms with Crippen molar-refractivity contribution in [1.82, 2.24) is 0 Å². The molecule has 0 saturated carbocycles. The Kier molecular flexibility index (Phi) is 6.54. The molecule has 102 valence electrons. The van der Waals surface area contributed by atoms with Gasteiger partial charge in [-0.3, -0.25) is 0 Å². The van der Waals surface area contributed by atoms with Crippen LogP contribution in [0.1, 0.15) is 81.2 Å². The predicted octanol–water partition coefficient (Wildman–Crippen LogP) is 5.35. The second-order valence-corrected chi connectivity index (χ2v) is 6.03. The van der Waals surface area contributed by atoms with Gasteiger partial charge in [-0.2, -0.15) is 0 Å². The zero-order chi connectivity index (χ0) is 13.3. The summed E-state index contributed by atoms with van der Waals surface area (Å²) >= 11 is 0. The summed E-state index contributed by atoms with van der Waals surface area (Å²) in [5.74, 6) is 0.249. The molecule has 1 aliphatic rings. The van der Waals surface area contributed by atoms with E-state index in [1.807, 2.05) is 0 Å². The number of fused-ring (bicyclic) bond motifs is 1. The van der Waals surface area contributed by atoms with Gasteiger partial charge in [0.15, 0.2) is 0 Å². The summed E-state index contributed by atoms with van der Waals surface area (Å²) in [4.78, 5) is 0. The molecular weight excluding hydrogens is 227 g/mol. The Morgan fingerprint density at radius 1 is 0.737 bits per heavy atom. The van der Waals surface area contributed by atoms with E-state index in [1.165, 1.54) is 75.3 Å². The molecule has 0 saturated heterocycles. The highest BCUT2D eigenvalue weighted by atomic mass is 14.1. The minimum Gasteiger partial charge on any atom is -0.0620 e. The van der Waals surface area contributed by atoms with Gasteiger partial charge in [0.25, 0.3) is 0 Å². The van der Waals surface area contributed by atoms with Crippen molar-refractivity contribution in [2.24, 2.45) is 0 Å². The zero-order valence-electron chi connectivity index (χ0n) is 12.2. The van der Waals surface area contributed by atoms with Crippen LogP contribution in [-0.4, -0.2) is 7.85 Å². The van der Waals surface area contributed by atoms with Crippen molar-refractivity contribution in [3.8, 4) is 0 Å². The molecule has 1 unspecified atom stereocenters. The first-order valence-corrected chi connectivity index (χ1v) is 8.21. The highest BCUT2D eigenvalue weighted by Crippen LogP contribution is 2.25.